The molecule has 0 spiro atoms. The number of aromatic nitrogens is 1. The van der Waals surface area contributed by atoms with Gasteiger partial charge in [-0.05, 0) is 43.4 Å². The van der Waals surface area contributed by atoms with Gasteiger partial charge in [0.2, 0.25) is 0 Å². The van der Waals surface area contributed by atoms with Crippen molar-refractivity contribution in [3.8, 4) is 0 Å². The molecular formula is C17H21F2N3. The summed E-state index contributed by atoms with van der Waals surface area (Å²) in [6, 6.07) is 7.99. The van der Waals surface area contributed by atoms with Gasteiger partial charge >= 0.3 is 0 Å². The second-order valence-corrected chi connectivity index (χ2v) is 5.62. The Balaban J connectivity index is 2.07. The molecule has 118 valence electrons. The normalized spacial score (nSPS) is 11.4. The lowest BCUT2D eigenvalue weighted by molar-refractivity contribution is 0.225. The van der Waals surface area contributed by atoms with Crippen molar-refractivity contribution in [3.05, 3.63) is 65.5 Å². The van der Waals surface area contributed by atoms with Gasteiger partial charge in [-0.3, -0.25) is 9.88 Å². The fraction of sp³-hybridized carbons (Fsp3) is 0.353. The number of benzene rings is 1. The quantitative estimate of drug-likeness (QED) is 0.784. The average molecular weight is 305 g/mol. The highest BCUT2D eigenvalue weighted by Crippen LogP contribution is 2.13. The largest absolute Gasteiger partial charge is 0.308 e. The maximum absolute atomic E-state index is 13.4. The van der Waals surface area contributed by atoms with Gasteiger partial charge in [-0.25, -0.2) is 8.78 Å². The highest BCUT2D eigenvalue weighted by molar-refractivity contribution is 5.18. The maximum Gasteiger partial charge on any atom is 0.159 e. The molecule has 1 aromatic heterocycles. The Kier molecular flexibility index (Phi) is 5.98. The number of hydrogen-bond acceptors (Lipinski definition) is 3. The van der Waals surface area contributed by atoms with Crippen LogP contribution < -0.4 is 0 Å². The van der Waals surface area contributed by atoms with E-state index < -0.39 is 11.6 Å². The molecular weight excluding hydrogens is 284 g/mol. The minimum atomic E-state index is -0.809. The van der Waals surface area contributed by atoms with Crippen molar-refractivity contribution < 1.29 is 8.78 Å². The second kappa shape index (κ2) is 7.96. The standard InChI is InChI=1S/C17H21F2N3/c1-21(2)8-9-22(13-15-4-3-7-20-11-15)12-14-5-6-16(18)17(19)10-14/h3-7,10-11H,8-9,12-13H2,1-2H3. The number of likely N-dealkylation sites (N-methyl/N-ethyl adjacent to an activating group) is 1. The summed E-state index contributed by atoms with van der Waals surface area (Å²) in [7, 11) is 4.03. The Labute approximate surface area is 130 Å². The third-order valence-corrected chi connectivity index (χ3v) is 3.38. The molecule has 0 atom stereocenters. The van der Waals surface area contributed by atoms with Crippen molar-refractivity contribution in [1.82, 2.24) is 14.8 Å². The van der Waals surface area contributed by atoms with Crippen LogP contribution in [0, 0.1) is 11.6 Å². The summed E-state index contributed by atoms with van der Waals surface area (Å²) in [5.41, 5.74) is 1.87. The van der Waals surface area contributed by atoms with Crippen LogP contribution >= 0.6 is 0 Å². The summed E-state index contributed by atoms with van der Waals surface area (Å²) in [4.78, 5) is 8.42. The molecule has 0 amide bonds. The zero-order chi connectivity index (χ0) is 15.9. The molecule has 0 aliphatic carbocycles. The monoisotopic (exact) mass is 305 g/mol. The Bertz CT molecular complexity index is 588. The molecule has 0 aliphatic rings. The zero-order valence-electron chi connectivity index (χ0n) is 13.0. The summed E-state index contributed by atoms with van der Waals surface area (Å²) in [5, 5.41) is 0. The van der Waals surface area contributed by atoms with E-state index in [0.717, 1.165) is 30.8 Å². The van der Waals surface area contributed by atoms with Crippen LogP contribution in [0.5, 0.6) is 0 Å². The first-order chi connectivity index (χ1) is 10.5. The van der Waals surface area contributed by atoms with Crippen molar-refractivity contribution in [1.29, 1.82) is 0 Å². The van der Waals surface area contributed by atoms with Crippen LogP contribution in [0.1, 0.15) is 11.1 Å². The molecule has 5 heteroatoms. The molecule has 0 N–H and O–H groups in total. The summed E-state index contributed by atoms with van der Waals surface area (Å²) < 4.78 is 26.4. The van der Waals surface area contributed by atoms with E-state index in [2.05, 4.69) is 14.8 Å². The van der Waals surface area contributed by atoms with E-state index in [4.69, 9.17) is 0 Å². The van der Waals surface area contributed by atoms with Crippen LogP contribution in [0.15, 0.2) is 42.7 Å². The third-order valence-electron chi connectivity index (χ3n) is 3.38. The number of hydrogen-bond donors (Lipinski definition) is 0. The molecule has 1 aromatic carbocycles. The molecule has 1 heterocycles. The molecule has 0 saturated heterocycles. The van der Waals surface area contributed by atoms with Crippen LogP contribution in [0.25, 0.3) is 0 Å². The topological polar surface area (TPSA) is 19.4 Å². The first kappa shape index (κ1) is 16.5. The van der Waals surface area contributed by atoms with Gasteiger partial charge in [0.05, 0.1) is 0 Å². The SMILES string of the molecule is CN(C)CCN(Cc1cccnc1)Cc1ccc(F)c(F)c1. The van der Waals surface area contributed by atoms with Crippen molar-refractivity contribution in [2.75, 3.05) is 27.2 Å². The van der Waals surface area contributed by atoms with Gasteiger partial charge in [0.25, 0.3) is 0 Å². The Hall–Kier alpha value is -1.85. The van der Waals surface area contributed by atoms with Gasteiger partial charge < -0.3 is 4.90 Å². The van der Waals surface area contributed by atoms with Crippen LogP contribution in [0.2, 0.25) is 0 Å². The maximum atomic E-state index is 13.4. The molecule has 22 heavy (non-hydrogen) atoms. The number of pyridine rings is 1. The van der Waals surface area contributed by atoms with Gasteiger partial charge in [0.15, 0.2) is 11.6 Å². The third kappa shape index (κ3) is 5.16. The van der Waals surface area contributed by atoms with E-state index in [1.807, 2.05) is 32.4 Å². The molecule has 0 radical (unpaired) electrons. The summed E-state index contributed by atoms with van der Waals surface area (Å²) >= 11 is 0. The fourth-order valence-corrected chi connectivity index (χ4v) is 2.20. The van der Waals surface area contributed by atoms with E-state index in [1.165, 1.54) is 12.1 Å². The van der Waals surface area contributed by atoms with E-state index in [1.54, 1.807) is 12.3 Å². The van der Waals surface area contributed by atoms with Gasteiger partial charge in [-0.1, -0.05) is 12.1 Å². The highest BCUT2D eigenvalue weighted by Gasteiger charge is 2.10. The predicted molar refractivity (Wildman–Crippen MR) is 83.3 cm³/mol. The van der Waals surface area contributed by atoms with Crippen LogP contribution in [-0.2, 0) is 13.1 Å². The number of nitrogens with zero attached hydrogens (tertiary/aromatic N) is 3. The van der Waals surface area contributed by atoms with Crippen LogP contribution in [0.4, 0.5) is 8.78 Å². The number of rotatable bonds is 7. The molecule has 3 nitrogen and oxygen atoms in total. The molecule has 2 aromatic rings. The minimum Gasteiger partial charge on any atom is -0.308 e. The molecule has 0 bridgehead atoms. The number of halogens is 2. The predicted octanol–water partition coefficient (Wildman–Crippen LogP) is 2.92. The van der Waals surface area contributed by atoms with Gasteiger partial charge in [-0.15, -0.1) is 0 Å². The first-order valence-corrected chi connectivity index (χ1v) is 7.24. The molecule has 0 saturated carbocycles. The average Bonchev–Trinajstić information content (AvgIpc) is 2.49. The van der Waals surface area contributed by atoms with Gasteiger partial charge in [0.1, 0.15) is 0 Å². The van der Waals surface area contributed by atoms with E-state index in [9.17, 15) is 8.78 Å². The van der Waals surface area contributed by atoms with Crippen molar-refractivity contribution >= 4 is 0 Å². The van der Waals surface area contributed by atoms with Gasteiger partial charge in [0, 0.05) is 38.6 Å². The van der Waals surface area contributed by atoms with Crippen molar-refractivity contribution in [2.45, 2.75) is 13.1 Å². The summed E-state index contributed by atoms with van der Waals surface area (Å²) in [5.74, 6) is -1.61. The summed E-state index contributed by atoms with van der Waals surface area (Å²) in [6.45, 7) is 3.02. The van der Waals surface area contributed by atoms with E-state index >= 15 is 0 Å². The molecule has 0 aliphatic heterocycles. The van der Waals surface area contributed by atoms with Gasteiger partial charge in [-0.2, -0.15) is 0 Å². The Morgan fingerprint density at radius 3 is 2.36 bits per heavy atom. The lowest BCUT2D eigenvalue weighted by Gasteiger charge is -2.24. The van der Waals surface area contributed by atoms with E-state index in [-0.39, 0.29) is 0 Å². The molecule has 0 fully saturated rings. The second-order valence-electron chi connectivity index (χ2n) is 5.62. The zero-order valence-corrected chi connectivity index (χ0v) is 13.0. The lowest BCUT2D eigenvalue weighted by atomic mass is 10.2. The first-order valence-electron chi connectivity index (χ1n) is 7.24. The smallest absolute Gasteiger partial charge is 0.159 e. The van der Waals surface area contributed by atoms with Crippen LogP contribution in [-0.4, -0.2) is 42.0 Å². The minimum absolute atomic E-state index is 0.569. The summed E-state index contributed by atoms with van der Waals surface area (Å²) in [6.07, 6.45) is 3.57. The Morgan fingerprint density at radius 1 is 0.955 bits per heavy atom. The van der Waals surface area contributed by atoms with Crippen LogP contribution in [0.3, 0.4) is 0 Å². The molecule has 2 rings (SSSR count). The molecule has 0 unspecified atom stereocenters. The Morgan fingerprint density at radius 2 is 1.73 bits per heavy atom. The van der Waals surface area contributed by atoms with Crippen molar-refractivity contribution in [3.63, 3.8) is 0 Å². The lowest BCUT2D eigenvalue weighted by Crippen LogP contribution is -2.31. The highest BCUT2D eigenvalue weighted by atomic mass is 19.2. The fourth-order valence-electron chi connectivity index (χ4n) is 2.20. The van der Waals surface area contributed by atoms with E-state index in [0.29, 0.717) is 6.54 Å². The van der Waals surface area contributed by atoms with Crippen molar-refractivity contribution in [2.24, 2.45) is 0 Å².